The smallest absolute Gasteiger partial charge is 0.292 e. The van der Waals surface area contributed by atoms with E-state index in [0.717, 1.165) is 18.2 Å². The van der Waals surface area contributed by atoms with Gasteiger partial charge < -0.3 is 10.6 Å². The van der Waals surface area contributed by atoms with Gasteiger partial charge in [-0.25, -0.2) is 4.39 Å². The molecule has 8 heteroatoms. The topological polar surface area (TPSA) is 84.3 Å². The SMILES string of the molecule is O=C(NCCCNc1cc(F)ccc1[N+](=O)[O-])c1cccs1. The monoisotopic (exact) mass is 323 g/mol. The van der Waals surface area contributed by atoms with Crippen molar-refractivity contribution in [2.45, 2.75) is 6.42 Å². The maximum Gasteiger partial charge on any atom is 0.292 e. The van der Waals surface area contributed by atoms with E-state index in [1.165, 1.54) is 11.3 Å². The number of anilines is 1. The van der Waals surface area contributed by atoms with E-state index in [-0.39, 0.29) is 17.3 Å². The van der Waals surface area contributed by atoms with Crippen LogP contribution in [0.1, 0.15) is 16.1 Å². The van der Waals surface area contributed by atoms with Gasteiger partial charge in [0.15, 0.2) is 0 Å². The van der Waals surface area contributed by atoms with E-state index in [0.29, 0.717) is 24.4 Å². The van der Waals surface area contributed by atoms with E-state index in [2.05, 4.69) is 10.6 Å². The van der Waals surface area contributed by atoms with E-state index in [1.807, 2.05) is 5.38 Å². The van der Waals surface area contributed by atoms with E-state index in [4.69, 9.17) is 0 Å². The lowest BCUT2D eigenvalue weighted by atomic mass is 10.2. The third-order valence-electron chi connectivity index (χ3n) is 2.85. The molecule has 0 aliphatic heterocycles. The van der Waals surface area contributed by atoms with Gasteiger partial charge in [-0.3, -0.25) is 14.9 Å². The minimum Gasteiger partial charge on any atom is -0.379 e. The Balaban J connectivity index is 1.78. The minimum absolute atomic E-state index is 0.134. The Bertz CT molecular complexity index is 661. The molecule has 0 spiro atoms. The van der Waals surface area contributed by atoms with Crippen molar-refractivity contribution < 1.29 is 14.1 Å². The van der Waals surface area contributed by atoms with Crippen LogP contribution < -0.4 is 10.6 Å². The molecule has 0 aliphatic carbocycles. The second kappa shape index (κ2) is 7.51. The van der Waals surface area contributed by atoms with Crippen LogP contribution in [-0.4, -0.2) is 23.9 Å². The van der Waals surface area contributed by atoms with Gasteiger partial charge in [-0.05, 0) is 23.9 Å². The summed E-state index contributed by atoms with van der Waals surface area (Å²) in [5.41, 5.74) is -0.0430. The van der Waals surface area contributed by atoms with Crippen molar-refractivity contribution >= 4 is 28.6 Å². The molecule has 0 saturated carbocycles. The molecule has 1 aromatic carbocycles. The van der Waals surface area contributed by atoms with Gasteiger partial charge >= 0.3 is 0 Å². The number of carbonyl (C=O) groups excluding carboxylic acids is 1. The summed E-state index contributed by atoms with van der Waals surface area (Å²) in [7, 11) is 0. The molecule has 0 fully saturated rings. The van der Waals surface area contributed by atoms with Crippen LogP contribution in [-0.2, 0) is 0 Å². The first-order chi connectivity index (χ1) is 10.6. The number of thiophene rings is 1. The summed E-state index contributed by atoms with van der Waals surface area (Å²) in [6.07, 6.45) is 0.560. The van der Waals surface area contributed by atoms with Crippen molar-refractivity contribution in [2.75, 3.05) is 18.4 Å². The van der Waals surface area contributed by atoms with Gasteiger partial charge in [0.25, 0.3) is 11.6 Å². The van der Waals surface area contributed by atoms with E-state index < -0.39 is 10.7 Å². The highest BCUT2D eigenvalue weighted by Crippen LogP contribution is 2.24. The third kappa shape index (κ3) is 4.26. The number of hydrogen-bond donors (Lipinski definition) is 2. The standard InChI is InChI=1S/C14H14FN3O3S/c15-10-4-5-12(18(20)21)11(9-10)16-6-2-7-17-14(19)13-3-1-8-22-13/h1,3-5,8-9,16H,2,6-7H2,(H,17,19). The lowest BCUT2D eigenvalue weighted by Crippen LogP contribution is -2.25. The van der Waals surface area contributed by atoms with Crippen molar-refractivity contribution in [3.05, 3.63) is 56.5 Å². The van der Waals surface area contributed by atoms with Crippen LogP contribution in [0.25, 0.3) is 0 Å². The first-order valence-corrected chi connectivity index (χ1v) is 7.45. The summed E-state index contributed by atoms with van der Waals surface area (Å²) in [5.74, 6) is -0.689. The zero-order valence-electron chi connectivity index (χ0n) is 11.5. The number of carbonyl (C=O) groups is 1. The Morgan fingerprint density at radius 3 is 2.82 bits per heavy atom. The zero-order valence-corrected chi connectivity index (χ0v) is 12.4. The number of nitro benzene ring substituents is 1. The number of amides is 1. The number of rotatable bonds is 7. The summed E-state index contributed by atoms with van der Waals surface area (Å²) >= 11 is 1.35. The van der Waals surface area contributed by atoms with Crippen LogP contribution in [0.5, 0.6) is 0 Å². The fourth-order valence-corrected chi connectivity index (χ4v) is 2.46. The first kappa shape index (κ1) is 15.9. The van der Waals surface area contributed by atoms with Crippen molar-refractivity contribution in [3.63, 3.8) is 0 Å². The van der Waals surface area contributed by atoms with Gasteiger partial charge in [-0.15, -0.1) is 11.3 Å². The van der Waals surface area contributed by atoms with Crippen LogP contribution in [0.15, 0.2) is 35.7 Å². The molecule has 1 amide bonds. The van der Waals surface area contributed by atoms with Crippen molar-refractivity contribution in [3.8, 4) is 0 Å². The Morgan fingerprint density at radius 2 is 2.14 bits per heavy atom. The van der Waals surface area contributed by atoms with Gasteiger partial charge in [0.2, 0.25) is 0 Å². The molecule has 0 unspecified atom stereocenters. The fourth-order valence-electron chi connectivity index (χ4n) is 1.82. The largest absolute Gasteiger partial charge is 0.379 e. The molecule has 2 N–H and O–H groups in total. The Kier molecular flexibility index (Phi) is 5.42. The summed E-state index contributed by atoms with van der Waals surface area (Å²) in [6.45, 7) is 0.807. The predicted molar refractivity (Wildman–Crippen MR) is 82.8 cm³/mol. The number of hydrogen-bond acceptors (Lipinski definition) is 5. The van der Waals surface area contributed by atoms with Crippen molar-refractivity contribution in [2.24, 2.45) is 0 Å². The normalized spacial score (nSPS) is 10.2. The van der Waals surface area contributed by atoms with Crippen LogP contribution >= 0.6 is 11.3 Å². The van der Waals surface area contributed by atoms with Gasteiger partial charge in [0.1, 0.15) is 11.5 Å². The average Bonchev–Trinajstić information content (AvgIpc) is 3.00. The quantitative estimate of drug-likeness (QED) is 0.466. The highest BCUT2D eigenvalue weighted by Gasteiger charge is 2.13. The summed E-state index contributed by atoms with van der Waals surface area (Å²) in [5, 5.41) is 18.2. The predicted octanol–water partition coefficient (Wildman–Crippen LogP) is 3.03. The molecule has 1 heterocycles. The summed E-state index contributed by atoms with van der Waals surface area (Å²) in [4.78, 5) is 22.6. The third-order valence-corrected chi connectivity index (χ3v) is 3.72. The molecule has 0 atom stereocenters. The fraction of sp³-hybridized carbons (Fsp3) is 0.214. The lowest BCUT2D eigenvalue weighted by molar-refractivity contribution is -0.384. The molecule has 116 valence electrons. The van der Waals surface area contributed by atoms with Gasteiger partial charge in [-0.1, -0.05) is 6.07 Å². The highest BCUT2D eigenvalue weighted by atomic mass is 32.1. The van der Waals surface area contributed by atoms with Crippen LogP contribution in [0.3, 0.4) is 0 Å². The van der Waals surface area contributed by atoms with E-state index >= 15 is 0 Å². The number of benzene rings is 1. The molecule has 1 aromatic heterocycles. The molecule has 0 aliphatic rings. The maximum absolute atomic E-state index is 13.1. The summed E-state index contributed by atoms with van der Waals surface area (Å²) in [6, 6.07) is 6.78. The molecule has 2 rings (SSSR count). The molecule has 6 nitrogen and oxygen atoms in total. The van der Waals surface area contributed by atoms with E-state index in [9.17, 15) is 19.3 Å². The zero-order chi connectivity index (χ0) is 15.9. The minimum atomic E-state index is -0.569. The molecule has 2 aromatic rings. The van der Waals surface area contributed by atoms with Gasteiger partial charge in [-0.2, -0.15) is 0 Å². The second-order valence-corrected chi connectivity index (χ2v) is 5.38. The van der Waals surface area contributed by atoms with Crippen LogP contribution in [0.2, 0.25) is 0 Å². The number of nitro groups is 1. The Morgan fingerprint density at radius 1 is 1.32 bits per heavy atom. The molecular formula is C14H14FN3O3S. The molecule has 0 radical (unpaired) electrons. The number of nitrogens with zero attached hydrogens (tertiary/aromatic N) is 1. The number of halogens is 1. The highest BCUT2D eigenvalue weighted by molar-refractivity contribution is 7.12. The average molecular weight is 323 g/mol. The van der Waals surface area contributed by atoms with Gasteiger partial charge in [0, 0.05) is 25.2 Å². The second-order valence-electron chi connectivity index (χ2n) is 4.43. The van der Waals surface area contributed by atoms with Crippen LogP contribution in [0.4, 0.5) is 15.8 Å². The molecule has 0 saturated heterocycles. The Hall–Kier alpha value is -2.48. The Labute approximate surface area is 130 Å². The van der Waals surface area contributed by atoms with Crippen molar-refractivity contribution in [1.82, 2.24) is 5.32 Å². The summed E-state index contributed by atoms with van der Waals surface area (Å²) < 4.78 is 13.1. The first-order valence-electron chi connectivity index (χ1n) is 6.57. The van der Waals surface area contributed by atoms with Gasteiger partial charge in [0.05, 0.1) is 9.80 Å². The van der Waals surface area contributed by atoms with Crippen molar-refractivity contribution in [1.29, 1.82) is 0 Å². The lowest BCUT2D eigenvalue weighted by Gasteiger charge is -2.08. The molecule has 0 bridgehead atoms. The maximum atomic E-state index is 13.1. The number of nitrogens with one attached hydrogen (secondary N) is 2. The molecule has 22 heavy (non-hydrogen) atoms. The van der Waals surface area contributed by atoms with E-state index in [1.54, 1.807) is 12.1 Å². The van der Waals surface area contributed by atoms with Crippen LogP contribution in [0, 0.1) is 15.9 Å². The molecular weight excluding hydrogens is 309 g/mol.